The van der Waals surface area contributed by atoms with Gasteiger partial charge in [-0.1, -0.05) is 12.1 Å². The van der Waals surface area contributed by atoms with Crippen LogP contribution in [0.5, 0.6) is 5.75 Å². The number of carboxylic acid groups (broad SMARTS) is 1. The summed E-state index contributed by atoms with van der Waals surface area (Å²) < 4.78 is 32.6. The molecule has 0 aliphatic heterocycles. The summed E-state index contributed by atoms with van der Waals surface area (Å²) in [5.74, 6) is -0.458. The molecular weight excluding hydrogens is 384 g/mol. The van der Waals surface area contributed by atoms with Crippen molar-refractivity contribution in [3.05, 3.63) is 53.6 Å². The third kappa shape index (κ3) is 5.95. The van der Waals surface area contributed by atoms with E-state index in [1.807, 2.05) is 24.3 Å². The molecule has 0 spiro atoms. The van der Waals surface area contributed by atoms with Gasteiger partial charge in [-0.05, 0) is 48.7 Å². The maximum absolute atomic E-state index is 12.6. The van der Waals surface area contributed by atoms with Gasteiger partial charge < -0.3 is 20.3 Å². The number of aliphatic hydroxyl groups is 1. The number of aromatic carboxylic acids is 1. The molecule has 0 aliphatic rings. The van der Waals surface area contributed by atoms with Crippen molar-refractivity contribution in [3.63, 3.8) is 0 Å². The van der Waals surface area contributed by atoms with Crippen LogP contribution < -0.4 is 14.8 Å². The number of anilines is 1. The zero-order valence-corrected chi connectivity index (χ0v) is 16.3. The fraction of sp³-hybridized carbons (Fsp3) is 0.316. The first-order valence-electron chi connectivity index (χ1n) is 8.72. The Morgan fingerprint density at radius 3 is 2.43 bits per heavy atom. The Morgan fingerprint density at radius 1 is 1.11 bits per heavy atom. The highest BCUT2D eigenvalue weighted by atomic mass is 32.2. The molecule has 152 valence electrons. The van der Waals surface area contributed by atoms with Crippen LogP contribution in [0.1, 0.15) is 22.3 Å². The summed E-state index contributed by atoms with van der Waals surface area (Å²) in [6.45, 7) is 0.365. The highest BCUT2D eigenvalue weighted by Gasteiger charge is 2.20. The minimum Gasteiger partial charge on any atom is -0.497 e. The van der Waals surface area contributed by atoms with Crippen LogP contribution in [-0.4, -0.2) is 51.4 Å². The van der Waals surface area contributed by atoms with Gasteiger partial charge in [0.25, 0.3) is 0 Å². The molecule has 0 amide bonds. The SMILES string of the molecule is COc1ccc(CCNc2ccc(C(=O)O)cc2S(=O)(=O)NCCCO)cc1. The Kier molecular flexibility index (Phi) is 7.80. The van der Waals surface area contributed by atoms with Crippen LogP contribution in [0.3, 0.4) is 0 Å². The molecule has 4 N–H and O–H groups in total. The predicted molar refractivity (Wildman–Crippen MR) is 105 cm³/mol. The molecule has 0 saturated heterocycles. The molecule has 0 bridgehead atoms. The normalized spacial score (nSPS) is 11.2. The fourth-order valence-corrected chi connectivity index (χ4v) is 3.80. The standard InChI is InChI=1S/C19H24N2O6S/c1-27-16-6-3-14(4-7-16)9-11-20-17-8-5-15(19(23)24)13-18(17)28(25,26)21-10-2-12-22/h3-8,13,20-22H,2,9-12H2,1H3,(H,23,24). The van der Waals surface area contributed by atoms with Gasteiger partial charge in [0.05, 0.1) is 18.4 Å². The van der Waals surface area contributed by atoms with Crippen molar-refractivity contribution in [2.24, 2.45) is 0 Å². The molecular formula is C19H24N2O6S. The van der Waals surface area contributed by atoms with E-state index in [1.54, 1.807) is 7.11 Å². The molecule has 0 radical (unpaired) electrons. The van der Waals surface area contributed by atoms with Crippen molar-refractivity contribution in [2.45, 2.75) is 17.7 Å². The van der Waals surface area contributed by atoms with Crippen LogP contribution in [0.25, 0.3) is 0 Å². The molecule has 0 fully saturated rings. The van der Waals surface area contributed by atoms with Crippen LogP contribution in [-0.2, 0) is 16.4 Å². The lowest BCUT2D eigenvalue weighted by molar-refractivity contribution is 0.0696. The Bertz CT molecular complexity index is 897. The Hall–Kier alpha value is -2.62. The lowest BCUT2D eigenvalue weighted by Crippen LogP contribution is -2.26. The number of carbonyl (C=O) groups is 1. The van der Waals surface area contributed by atoms with E-state index >= 15 is 0 Å². The van der Waals surface area contributed by atoms with Crippen LogP contribution in [0, 0.1) is 0 Å². The average molecular weight is 408 g/mol. The number of ether oxygens (including phenoxy) is 1. The number of hydrogen-bond donors (Lipinski definition) is 4. The smallest absolute Gasteiger partial charge is 0.335 e. The number of carboxylic acids is 1. The number of aliphatic hydroxyl groups excluding tert-OH is 1. The molecule has 9 heteroatoms. The second-order valence-electron chi connectivity index (χ2n) is 6.02. The third-order valence-corrected chi connectivity index (χ3v) is 5.53. The molecule has 0 atom stereocenters. The molecule has 28 heavy (non-hydrogen) atoms. The van der Waals surface area contributed by atoms with Gasteiger partial charge in [0.2, 0.25) is 10.0 Å². The summed E-state index contributed by atoms with van der Waals surface area (Å²) >= 11 is 0. The monoisotopic (exact) mass is 408 g/mol. The second kappa shape index (κ2) is 10.1. The van der Waals surface area contributed by atoms with E-state index in [-0.39, 0.29) is 30.0 Å². The van der Waals surface area contributed by atoms with Crippen molar-refractivity contribution in [1.82, 2.24) is 4.72 Å². The van der Waals surface area contributed by atoms with Gasteiger partial charge >= 0.3 is 5.97 Å². The summed E-state index contributed by atoms with van der Waals surface area (Å²) in [7, 11) is -2.34. The molecule has 0 unspecified atom stereocenters. The van der Waals surface area contributed by atoms with Gasteiger partial charge in [0.15, 0.2) is 0 Å². The summed E-state index contributed by atoms with van der Waals surface area (Å²) in [4.78, 5) is 11.1. The molecule has 2 aromatic carbocycles. The van der Waals surface area contributed by atoms with Gasteiger partial charge in [-0.2, -0.15) is 0 Å². The summed E-state index contributed by atoms with van der Waals surface area (Å²) in [5.41, 5.74) is 1.24. The first kappa shape index (κ1) is 21.7. The zero-order chi connectivity index (χ0) is 20.6. The van der Waals surface area contributed by atoms with Gasteiger partial charge in [-0.15, -0.1) is 0 Å². The number of benzene rings is 2. The minimum absolute atomic E-state index is 0.0570. The molecule has 2 aromatic rings. The fourth-order valence-electron chi connectivity index (χ4n) is 2.52. The number of nitrogens with one attached hydrogen (secondary N) is 2. The number of hydrogen-bond acceptors (Lipinski definition) is 6. The number of sulfonamides is 1. The lowest BCUT2D eigenvalue weighted by Gasteiger charge is -2.14. The van der Waals surface area contributed by atoms with E-state index in [1.165, 1.54) is 12.1 Å². The van der Waals surface area contributed by atoms with Gasteiger partial charge in [0.1, 0.15) is 10.6 Å². The van der Waals surface area contributed by atoms with Crippen LogP contribution >= 0.6 is 0 Å². The molecule has 8 nitrogen and oxygen atoms in total. The van der Waals surface area contributed by atoms with E-state index in [0.717, 1.165) is 17.4 Å². The number of methoxy groups -OCH3 is 1. The van der Waals surface area contributed by atoms with Crippen LogP contribution in [0.4, 0.5) is 5.69 Å². The van der Waals surface area contributed by atoms with E-state index in [0.29, 0.717) is 18.7 Å². The molecule has 0 saturated carbocycles. The van der Waals surface area contributed by atoms with Crippen LogP contribution in [0.15, 0.2) is 47.4 Å². The first-order chi connectivity index (χ1) is 13.4. The highest BCUT2D eigenvalue weighted by molar-refractivity contribution is 7.89. The lowest BCUT2D eigenvalue weighted by atomic mass is 10.1. The summed E-state index contributed by atoms with van der Waals surface area (Å²) in [5, 5.41) is 21.1. The van der Waals surface area contributed by atoms with Gasteiger partial charge in [-0.25, -0.2) is 17.9 Å². The average Bonchev–Trinajstić information content (AvgIpc) is 2.68. The first-order valence-corrected chi connectivity index (χ1v) is 10.2. The van der Waals surface area contributed by atoms with Gasteiger partial charge in [-0.3, -0.25) is 0 Å². The second-order valence-corrected chi connectivity index (χ2v) is 7.75. The predicted octanol–water partition coefficient (Wildman–Crippen LogP) is 1.71. The minimum atomic E-state index is -3.93. The van der Waals surface area contributed by atoms with E-state index in [4.69, 9.17) is 14.9 Å². The molecule has 0 heterocycles. The molecule has 0 aliphatic carbocycles. The quantitative estimate of drug-likeness (QED) is 0.417. The van der Waals surface area contributed by atoms with E-state index in [9.17, 15) is 13.2 Å². The Labute approximate surface area is 164 Å². The van der Waals surface area contributed by atoms with Crippen molar-refractivity contribution in [3.8, 4) is 5.75 Å². The van der Waals surface area contributed by atoms with Crippen molar-refractivity contribution >= 4 is 21.7 Å². The number of rotatable bonds is 11. The van der Waals surface area contributed by atoms with Crippen molar-refractivity contribution in [1.29, 1.82) is 0 Å². The van der Waals surface area contributed by atoms with Crippen LogP contribution in [0.2, 0.25) is 0 Å². The van der Waals surface area contributed by atoms with Crippen molar-refractivity contribution < 1.29 is 28.2 Å². The summed E-state index contributed by atoms with van der Waals surface area (Å²) in [6, 6.07) is 11.4. The largest absolute Gasteiger partial charge is 0.497 e. The third-order valence-electron chi connectivity index (χ3n) is 4.03. The summed E-state index contributed by atoms with van der Waals surface area (Å²) in [6.07, 6.45) is 0.903. The maximum atomic E-state index is 12.6. The molecule has 2 rings (SSSR count). The Balaban J connectivity index is 2.16. The van der Waals surface area contributed by atoms with E-state index in [2.05, 4.69) is 10.0 Å². The maximum Gasteiger partial charge on any atom is 0.335 e. The highest BCUT2D eigenvalue weighted by Crippen LogP contribution is 2.23. The van der Waals surface area contributed by atoms with Crippen molar-refractivity contribution in [2.75, 3.05) is 32.1 Å². The van der Waals surface area contributed by atoms with Gasteiger partial charge in [0, 0.05) is 19.7 Å². The van der Waals surface area contributed by atoms with E-state index < -0.39 is 16.0 Å². The topological polar surface area (TPSA) is 125 Å². The molecule has 0 aromatic heterocycles. The zero-order valence-electron chi connectivity index (χ0n) is 15.5. The Morgan fingerprint density at radius 2 is 1.82 bits per heavy atom.